The van der Waals surface area contributed by atoms with Crippen LogP contribution < -0.4 is 5.32 Å². The smallest absolute Gasteiger partial charge is 0.183 e. The highest BCUT2D eigenvalue weighted by molar-refractivity contribution is 5.81. The number of aromatic nitrogens is 5. The lowest BCUT2D eigenvalue weighted by Gasteiger charge is -2.07. The van der Waals surface area contributed by atoms with Crippen LogP contribution in [0.2, 0.25) is 0 Å². The van der Waals surface area contributed by atoms with Crippen LogP contribution in [0.1, 0.15) is 20.8 Å². The maximum Gasteiger partial charge on any atom is 0.183 e. The third kappa shape index (κ3) is 1.74. The number of anilines is 1. The summed E-state index contributed by atoms with van der Waals surface area (Å²) in [5.74, 6) is 0.745. The first-order valence-corrected chi connectivity index (χ1v) is 5.03. The van der Waals surface area contributed by atoms with E-state index in [2.05, 4.69) is 39.4 Å². The highest BCUT2D eigenvalue weighted by atomic mass is 15.4. The molecule has 0 fully saturated rings. The summed E-state index contributed by atoms with van der Waals surface area (Å²) in [6.45, 7) is 6.87. The van der Waals surface area contributed by atoms with Gasteiger partial charge < -0.3 is 5.32 Å². The summed E-state index contributed by atoms with van der Waals surface area (Å²) < 4.78 is 1.75. The van der Waals surface area contributed by atoms with Gasteiger partial charge in [0.05, 0.1) is 0 Å². The predicted molar refractivity (Wildman–Crippen MR) is 57.6 cm³/mol. The standard InChI is InChI=1S/C9H14N6/c1-4-15-9-7(13-14-15)8(10-5-11-9)12-6(2)3/h5-6H,4H2,1-3H3,(H,10,11,12). The number of hydrogen-bond donors (Lipinski definition) is 1. The molecule has 2 heterocycles. The van der Waals surface area contributed by atoms with Gasteiger partial charge in [0.25, 0.3) is 0 Å². The van der Waals surface area contributed by atoms with E-state index in [1.807, 2.05) is 6.92 Å². The first-order valence-electron chi connectivity index (χ1n) is 5.03. The van der Waals surface area contributed by atoms with Crippen molar-refractivity contribution in [2.75, 3.05) is 5.32 Å². The maximum absolute atomic E-state index is 4.17. The van der Waals surface area contributed by atoms with Gasteiger partial charge >= 0.3 is 0 Å². The van der Waals surface area contributed by atoms with E-state index < -0.39 is 0 Å². The molecule has 0 radical (unpaired) electrons. The average molecular weight is 206 g/mol. The van der Waals surface area contributed by atoms with Crippen LogP contribution in [0.15, 0.2) is 6.33 Å². The molecular weight excluding hydrogens is 192 g/mol. The Bertz CT molecular complexity index is 461. The van der Waals surface area contributed by atoms with Crippen LogP contribution in [0.25, 0.3) is 11.2 Å². The average Bonchev–Trinajstić information content (AvgIpc) is 2.61. The summed E-state index contributed by atoms with van der Waals surface area (Å²) in [6.07, 6.45) is 1.53. The van der Waals surface area contributed by atoms with Gasteiger partial charge in [0.15, 0.2) is 17.0 Å². The first-order chi connectivity index (χ1) is 7.22. The normalized spacial score (nSPS) is 11.2. The van der Waals surface area contributed by atoms with E-state index in [9.17, 15) is 0 Å². The number of hydrogen-bond acceptors (Lipinski definition) is 5. The number of nitrogens with one attached hydrogen (secondary N) is 1. The fourth-order valence-corrected chi connectivity index (χ4v) is 1.38. The fraction of sp³-hybridized carbons (Fsp3) is 0.556. The zero-order chi connectivity index (χ0) is 10.8. The van der Waals surface area contributed by atoms with Crippen LogP contribution >= 0.6 is 0 Å². The number of nitrogens with zero attached hydrogens (tertiary/aromatic N) is 5. The van der Waals surface area contributed by atoms with E-state index in [1.54, 1.807) is 4.68 Å². The molecule has 0 saturated carbocycles. The topological polar surface area (TPSA) is 68.5 Å². The van der Waals surface area contributed by atoms with Gasteiger partial charge in [0.1, 0.15) is 6.33 Å². The summed E-state index contributed by atoms with van der Waals surface area (Å²) in [4.78, 5) is 8.32. The van der Waals surface area contributed by atoms with Crippen molar-refractivity contribution in [2.45, 2.75) is 33.4 Å². The monoisotopic (exact) mass is 206 g/mol. The Balaban J connectivity index is 2.52. The van der Waals surface area contributed by atoms with Crippen molar-refractivity contribution in [1.82, 2.24) is 25.0 Å². The van der Waals surface area contributed by atoms with Crippen LogP contribution in [0.4, 0.5) is 5.82 Å². The minimum Gasteiger partial charge on any atom is -0.366 e. The van der Waals surface area contributed by atoms with E-state index in [0.29, 0.717) is 6.04 Å². The fourth-order valence-electron chi connectivity index (χ4n) is 1.38. The number of rotatable bonds is 3. The van der Waals surface area contributed by atoms with Gasteiger partial charge in [-0.15, -0.1) is 5.10 Å². The molecule has 0 bridgehead atoms. The third-order valence-electron chi connectivity index (χ3n) is 2.03. The highest BCUT2D eigenvalue weighted by Gasteiger charge is 2.10. The minimum atomic E-state index is 0.315. The molecule has 0 atom stereocenters. The lowest BCUT2D eigenvalue weighted by molar-refractivity contribution is 0.641. The zero-order valence-corrected chi connectivity index (χ0v) is 9.10. The number of fused-ring (bicyclic) bond motifs is 1. The molecule has 0 spiro atoms. The lowest BCUT2D eigenvalue weighted by atomic mass is 10.4. The van der Waals surface area contributed by atoms with Gasteiger partial charge in [-0.3, -0.25) is 0 Å². The summed E-state index contributed by atoms with van der Waals surface area (Å²) in [6, 6.07) is 0.315. The maximum atomic E-state index is 4.17. The van der Waals surface area contributed by atoms with Crippen molar-refractivity contribution in [3.05, 3.63) is 6.33 Å². The quantitative estimate of drug-likeness (QED) is 0.813. The molecule has 1 N–H and O–H groups in total. The molecule has 2 rings (SSSR count). The van der Waals surface area contributed by atoms with Crippen molar-refractivity contribution in [3.8, 4) is 0 Å². The second-order valence-electron chi connectivity index (χ2n) is 3.60. The van der Waals surface area contributed by atoms with Crippen molar-refractivity contribution in [3.63, 3.8) is 0 Å². The van der Waals surface area contributed by atoms with Crippen LogP contribution in [0.5, 0.6) is 0 Å². The molecule has 6 heteroatoms. The van der Waals surface area contributed by atoms with Crippen LogP contribution in [0, 0.1) is 0 Å². The summed E-state index contributed by atoms with van der Waals surface area (Å²) >= 11 is 0. The lowest BCUT2D eigenvalue weighted by Crippen LogP contribution is -2.11. The van der Waals surface area contributed by atoms with E-state index in [4.69, 9.17) is 0 Å². The van der Waals surface area contributed by atoms with Gasteiger partial charge in [0, 0.05) is 12.6 Å². The molecule has 2 aromatic heterocycles. The molecule has 15 heavy (non-hydrogen) atoms. The molecule has 6 nitrogen and oxygen atoms in total. The third-order valence-corrected chi connectivity index (χ3v) is 2.03. The van der Waals surface area contributed by atoms with Crippen molar-refractivity contribution >= 4 is 17.0 Å². The summed E-state index contributed by atoms with van der Waals surface area (Å²) in [5, 5.41) is 11.3. The van der Waals surface area contributed by atoms with Crippen molar-refractivity contribution < 1.29 is 0 Å². The molecule has 0 amide bonds. The Morgan fingerprint density at radius 2 is 2.20 bits per heavy atom. The summed E-state index contributed by atoms with van der Waals surface area (Å²) in [7, 11) is 0. The molecule has 0 aliphatic carbocycles. The van der Waals surface area contributed by atoms with Gasteiger partial charge in [-0.1, -0.05) is 5.21 Å². The van der Waals surface area contributed by atoms with E-state index >= 15 is 0 Å². The van der Waals surface area contributed by atoms with E-state index in [-0.39, 0.29) is 0 Å². The van der Waals surface area contributed by atoms with Crippen LogP contribution in [-0.4, -0.2) is 31.0 Å². The molecule has 0 saturated heterocycles. The highest BCUT2D eigenvalue weighted by Crippen LogP contribution is 2.16. The second-order valence-corrected chi connectivity index (χ2v) is 3.60. The first kappa shape index (κ1) is 9.82. The molecular formula is C9H14N6. The Morgan fingerprint density at radius 1 is 1.40 bits per heavy atom. The Labute approximate surface area is 87.7 Å². The minimum absolute atomic E-state index is 0.315. The summed E-state index contributed by atoms with van der Waals surface area (Å²) in [5.41, 5.74) is 1.50. The van der Waals surface area contributed by atoms with Crippen molar-refractivity contribution in [1.29, 1.82) is 0 Å². The number of aryl methyl sites for hydroxylation is 1. The van der Waals surface area contributed by atoms with Crippen LogP contribution in [-0.2, 0) is 6.54 Å². The molecule has 0 aliphatic rings. The molecule has 80 valence electrons. The Morgan fingerprint density at radius 3 is 2.87 bits per heavy atom. The predicted octanol–water partition coefficient (Wildman–Crippen LogP) is 1.06. The largest absolute Gasteiger partial charge is 0.366 e. The Kier molecular flexibility index (Phi) is 2.49. The van der Waals surface area contributed by atoms with E-state index in [1.165, 1.54) is 6.33 Å². The molecule has 0 aromatic carbocycles. The zero-order valence-electron chi connectivity index (χ0n) is 9.10. The molecule has 0 aliphatic heterocycles. The molecule has 2 aromatic rings. The van der Waals surface area contributed by atoms with Crippen molar-refractivity contribution in [2.24, 2.45) is 0 Å². The van der Waals surface area contributed by atoms with E-state index in [0.717, 1.165) is 23.5 Å². The van der Waals surface area contributed by atoms with Gasteiger partial charge in [-0.2, -0.15) is 0 Å². The Hall–Kier alpha value is -1.72. The van der Waals surface area contributed by atoms with Gasteiger partial charge in [-0.05, 0) is 20.8 Å². The second kappa shape index (κ2) is 3.80. The SMILES string of the molecule is CCn1nnc2c(NC(C)C)ncnc21. The van der Waals surface area contributed by atoms with Crippen LogP contribution in [0.3, 0.4) is 0 Å². The molecule has 0 unspecified atom stereocenters. The van der Waals surface area contributed by atoms with Gasteiger partial charge in [0.2, 0.25) is 0 Å². The van der Waals surface area contributed by atoms with Gasteiger partial charge in [-0.25, -0.2) is 14.6 Å².